The van der Waals surface area contributed by atoms with Crippen LogP contribution in [0.15, 0.2) is 42.7 Å². The van der Waals surface area contributed by atoms with Gasteiger partial charge in [0.15, 0.2) is 5.82 Å². The molecule has 1 aromatic carbocycles. The third kappa shape index (κ3) is 2.97. The molecule has 2 amide bonds. The van der Waals surface area contributed by atoms with Crippen molar-refractivity contribution in [2.75, 3.05) is 0 Å². The Morgan fingerprint density at radius 1 is 1.20 bits per heavy atom. The molecule has 1 aliphatic rings. The molecule has 3 aromatic rings. The van der Waals surface area contributed by atoms with Gasteiger partial charge in [0.25, 0.3) is 11.8 Å². The number of nitrogens with one attached hydrogen (secondary N) is 3. The number of aromatic nitrogens is 4. The maximum absolute atomic E-state index is 12.3. The number of H-pyrrole nitrogens is 1. The molecular weight excluding hydrogens is 320 g/mol. The van der Waals surface area contributed by atoms with Gasteiger partial charge in [-0.25, -0.2) is 4.98 Å². The second-order valence-electron chi connectivity index (χ2n) is 5.58. The van der Waals surface area contributed by atoms with Gasteiger partial charge in [0.05, 0.1) is 6.54 Å². The number of aromatic amines is 1. The van der Waals surface area contributed by atoms with Gasteiger partial charge in [-0.2, -0.15) is 5.10 Å². The Bertz CT molecular complexity index is 951. The highest BCUT2D eigenvalue weighted by atomic mass is 16.2. The van der Waals surface area contributed by atoms with Gasteiger partial charge in [0, 0.05) is 35.6 Å². The Morgan fingerprint density at radius 2 is 2.04 bits per heavy atom. The van der Waals surface area contributed by atoms with Crippen LogP contribution in [0, 0.1) is 0 Å². The lowest BCUT2D eigenvalue weighted by Gasteiger charge is -2.04. The Kier molecular flexibility index (Phi) is 3.70. The van der Waals surface area contributed by atoms with E-state index in [0.29, 0.717) is 29.3 Å². The summed E-state index contributed by atoms with van der Waals surface area (Å²) in [5.41, 5.74) is 2.73. The van der Waals surface area contributed by atoms with E-state index in [1.165, 1.54) is 0 Å². The second-order valence-corrected chi connectivity index (χ2v) is 5.58. The maximum atomic E-state index is 12.3. The van der Waals surface area contributed by atoms with Crippen molar-refractivity contribution in [2.24, 2.45) is 0 Å². The zero-order valence-corrected chi connectivity index (χ0v) is 13.1. The fourth-order valence-electron chi connectivity index (χ4n) is 2.62. The molecule has 3 heterocycles. The normalized spacial score (nSPS) is 12.6. The van der Waals surface area contributed by atoms with E-state index < -0.39 is 0 Å². The molecule has 0 saturated heterocycles. The summed E-state index contributed by atoms with van der Waals surface area (Å²) in [5, 5.41) is 12.4. The summed E-state index contributed by atoms with van der Waals surface area (Å²) in [6.07, 6.45) is 3.33. The summed E-state index contributed by atoms with van der Waals surface area (Å²) in [5.74, 6) is 0.658. The quantitative estimate of drug-likeness (QED) is 0.660. The highest BCUT2D eigenvalue weighted by molar-refractivity contribution is 6.02. The van der Waals surface area contributed by atoms with Crippen molar-refractivity contribution in [2.45, 2.75) is 13.1 Å². The zero-order chi connectivity index (χ0) is 17.2. The van der Waals surface area contributed by atoms with Crippen LogP contribution >= 0.6 is 0 Å². The van der Waals surface area contributed by atoms with Crippen LogP contribution < -0.4 is 10.6 Å². The number of fused-ring (bicyclic) bond motifs is 1. The lowest BCUT2D eigenvalue weighted by molar-refractivity contribution is 0.0949. The van der Waals surface area contributed by atoms with Crippen LogP contribution in [0.3, 0.4) is 0 Å². The van der Waals surface area contributed by atoms with E-state index in [9.17, 15) is 9.59 Å². The second kappa shape index (κ2) is 6.16. The molecule has 0 unspecified atom stereocenters. The number of benzene rings is 1. The van der Waals surface area contributed by atoms with Crippen LogP contribution in [0.4, 0.5) is 0 Å². The third-order valence-electron chi connectivity index (χ3n) is 3.94. The standard InChI is InChI=1S/C17H14N6O2/c24-16(11-1-2-12-8-19-17(25)13(12)7-11)20-9-14-21-15(23-22-14)10-3-5-18-6-4-10/h1-7H,8-9H2,(H,19,25)(H,20,24)(H,21,22,23). The summed E-state index contributed by atoms with van der Waals surface area (Å²) in [4.78, 5) is 32.3. The van der Waals surface area contributed by atoms with Crippen LogP contribution in [0.2, 0.25) is 0 Å². The minimum absolute atomic E-state index is 0.151. The van der Waals surface area contributed by atoms with Gasteiger partial charge in [-0.15, -0.1) is 0 Å². The summed E-state index contributed by atoms with van der Waals surface area (Å²) in [6.45, 7) is 0.714. The van der Waals surface area contributed by atoms with Crippen molar-refractivity contribution in [3.8, 4) is 11.4 Å². The fraction of sp³-hybridized carbons (Fsp3) is 0.118. The first-order chi connectivity index (χ1) is 12.2. The lowest BCUT2D eigenvalue weighted by Crippen LogP contribution is -2.23. The van der Waals surface area contributed by atoms with E-state index >= 15 is 0 Å². The molecular formula is C17H14N6O2. The molecule has 4 rings (SSSR count). The summed E-state index contributed by atoms with van der Waals surface area (Å²) >= 11 is 0. The number of pyridine rings is 1. The predicted molar refractivity (Wildman–Crippen MR) is 88.4 cm³/mol. The number of carbonyl (C=O) groups excluding carboxylic acids is 2. The van der Waals surface area contributed by atoms with Crippen molar-refractivity contribution in [1.82, 2.24) is 30.8 Å². The molecule has 2 aromatic heterocycles. The van der Waals surface area contributed by atoms with Gasteiger partial charge in [0.1, 0.15) is 5.82 Å². The van der Waals surface area contributed by atoms with Crippen molar-refractivity contribution < 1.29 is 9.59 Å². The van der Waals surface area contributed by atoms with Crippen molar-refractivity contribution in [3.63, 3.8) is 0 Å². The van der Waals surface area contributed by atoms with Gasteiger partial charge >= 0.3 is 0 Å². The summed E-state index contributed by atoms with van der Waals surface area (Å²) in [6, 6.07) is 8.72. The Balaban J connectivity index is 1.44. The van der Waals surface area contributed by atoms with Crippen molar-refractivity contribution in [1.29, 1.82) is 0 Å². The molecule has 3 N–H and O–H groups in total. The fourth-order valence-corrected chi connectivity index (χ4v) is 2.62. The average Bonchev–Trinajstić information content (AvgIpc) is 3.27. The largest absolute Gasteiger partial charge is 0.348 e. The smallest absolute Gasteiger partial charge is 0.251 e. The van der Waals surface area contributed by atoms with Crippen LogP contribution in [-0.4, -0.2) is 32.0 Å². The Morgan fingerprint density at radius 3 is 2.88 bits per heavy atom. The minimum atomic E-state index is -0.274. The first kappa shape index (κ1) is 15.0. The summed E-state index contributed by atoms with van der Waals surface area (Å²) in [7, 11) is 0. The van der Waals surface area contributed by atoms with Gasteiger partial charge < -0.3 is 10.6 Å². The highest BCUT2D eigenvalue weighted by Crippen LogP contribution is 2.17. The van der Waals surface area contributed by atoms with Gasteiger partial charge in [0.2, 0.25) is 0 Å². The number of rotatable bonds is 4. The van der Waals surface area contributed by atoms with E-state index in [1.807, 2.05) is 0 Å². The molecule has 0 radical (unpaired) electrons. The van der Waals surface area contributed by atoms with Crippen LogP contribution in [0.1, 0.15) is 32.1 Å². The van der Waals surface area contributed by atoms with E-state index in [4.69, 9.17) is 0 Å². The van der Waals surface area contributed by atoms with Gasteiger partial charge in [-0.1, -0.05) is 6.07 Å². The minimum Gasteiger partial charge on any atom is -0.348 e. The number of carbonyl (C=O) groups is 2. The van der Waals surface area contributed by atoms with E-state index in [2.05, 4.69) is 30.8 Å². The first-order valence-electron chi connectivity index (χ1n) is 7.72. The molecule has 8 heteroatoms. The topological polar surface area (TPSA) is 113 Å². The van der Waals surface area contributed by atoms with Crippen molar-refractivity contribution >= 4 is 11.8 Å². The Labute approximate surface area is 142 Å². The molecule has 0 aliphatic carbocycles. The molecule has 0 fully saturated rings. The van der Waals surface area contributed by atoms with E-state index in [0.717, 1.165) is 11.1 Å². The Hall–Kier alpha value is -3.55. The number of nitrogens with zero attached hydrogens (tertiary/aromatic N) is 3. The lowest BCUT2D eigenvalue weighted by atomic mass is 10.1. The van der Waals surface area contributed by atoms with Crippen molar-refractivity contribution in [3.05, 3.63) is 65.2 Å². The average molecular weight is 334 g/mol. The van der Waals surface area contributed by atoms with E-state index in [1.54, 1.807) is 42.7 Å². The third-order valence-corrected chi connectivity index (χ3v) is 3.94. The summed E-state index contributed by atoms with van der Waals surface area (Å²) < 4.78 is 0. The van der Waals surface area contributed by atoms with Crippen LogP contribution in [0.5, 0.6) is 0 Å². The SMILES string of the molecule is O=C(NCc1nc(-c2ccncc2)n[nH]1)c1ccc2c(c1)C(=O)NC2. The number of hydrogen-bond donors (Lipinski definition) is 3. The monoisotopic (exact) mass is 334 g/mol. The molecule has 0 bridgehead atoms. The van der Waals surface area contributed by atoms with Crippen LogP contribution in [-0.2, 0) is 13.1 Å². The molecule has 124 valence electrons. The zero-order valence-electron chi connectivity index (χ0n) is 13.1. The molecule has 25 heavy (non-hydrogen) atoms. The van der Waals surface area contributed by atoms with Crippen LogP contribution in [0.25, 0.3) is 11.4 Å². The first-order valence-corrected chi connectivity index (χ1v) is 7.72. The molecule has 0 spiro atoms. The predicted octanol–water partition coefficient (Wildman–Crippen LogP) is 1.04. The number of hydrogen-bond acceptors (Lipinski definition) is 5. The molecule has 8 nitrogen and oxygen atoms in total. The highest BCUT2D eigenvalue weighted by Gasteiger charge is 2.20. The molecule has 0 atom stereocenters. The molecule has 1 aliphatic heterocycles. The van der Waals surface area contributed by atoms with Gasteiger partial charge in [-0.3, -0.25) is 19.7 Å². The maximum Gasteiger partial charge on any atom is 0.251 e. The van der Waals surface area contributed by atoms with E-state index in [-0.39, 0.29) is 18.4 Å². The number of amides is 2. The van der Waals surface area contributed by atoms with Gasteiger partial charge in [-0.05, 0) is 29.8 Å². The molecule has 0 saturated carbocycles.